The topological polar surface area (TPSA) is 74.6 Å². The summed E-state index contributed by atoms with van der Waals surface area (Å²) in [5.41, 5.74) is 2.44. The first-order chi connectivity index (χ1) is 22.1. The van der Waals surface area contributed by atoms with Gasteiger partial charge in [0.2, 0.25) is 0 Å². The van der Waals surface area contributed by atoms with Gasteiger partial charge in [-0.2, -0.15) is 0 Å². The summed E-state index contributed by atoms with van der Waals surface area (Å²) in [7, 11) is 0. The average molecular weight is 633 g/mol. The summed E-state index contributed by atoms with van der Waals surface area (Å²) < 4.78 is 0. The highest BCUT2D eigenvalue weighted by Crippen LogP contribution is 2.68. The van der Waals surface area contributed by atoms with Crippen LogP contribution in [0.4, 0.5) is 0 Å². The molecule has 12 atom stereocenters. The van der Waals surface area contributed by atoms with E-state index in [0.29, 0.717) is 23.4 Å². The smallest absolute Gasteiger partial charge is 0.155 e. The molecule has 0 aromatic heterocycles. The molecule has 6 fully saturated rings. The van der Waals surface area contributed by atoms with Crippen molar-refractivity contribution >= 4 is 11.6 Å². The van der Waals surface area contributed by atoms with Crippen LogP contribution in [0.3, 0.4) is 0 Å². The summed E-state index contributed by atoms with van der Waals surface area (Å²) in [5, 5.41) is 22.7. The Kier molecular flexibility index (Phi) is 8.86. The Labute approximate surface area is 279 Å². The molecule has 0 amide bonds. The van der Waals surface area contributed by atoms with Crippen molar-refractivity contribution in [2.24, 2.45) is 58.2 Å². The highest BCUT2D eigenvalue weighted by atomic mass is 16.3. The normalized spacial score (nSPS) is 49.2. The van der Waals surface area contributed by atoms with Crippen LogP contribution in [0.15, 0.2) is 23.3 Å². The van der Waals surface area contributed by atoms with Crippen LogP contribution >= 0.6 is 0 Å². The molecular formula is C42H64O4. The number of aliphatic hydroxyl groups is 2. The van der Waals surface area contributed by atoms with E-state index in [1.807, 2.05) is 12.2 Å². The molecule has 4 nitrogen and oxygen atoms in total. The molecule has 0 heterocycles. The molecule has 0 unspecified atom stereocenters. The first kappa shape index (κ1) is 33.2. The summed E-state index contributed by atoms with van der Waals surface area (Å²) in [4.78, 5) is 23.5. The molecule has 46 heavy (non-hydrogen) atoms. The summed E-state index contributed by atoms with van der Waals surface area (Å²) in [6, 6.07) is 0. The fraction of sp³-hybridized carbons (Fsp3) is 0.857. The zero-order chi connectivity index (χ0) is 32.5. The lowest BCUT2D eigenvalue weighted by atomic mass is 9.49. The molecule has 256 valence electrons. The Bertz CT molecular complexity index is 1170. The lowest BCUT2D eigenvalue weighted by Crippen LogP contribution is -2.53. The number of allylic oxidation sites excluding steroid dienone is 2. The summed E-state index contributed by atoms with van der Waals surface area (Å²) in [6.07, 6.45) is 26.0. The van der Waals surface area contributed by atoms with E-state index in [2.05, 4.69) is 27.7 Å². The number of carbonyl (C=O) groups is 2. The van der Waals surface area contributed by atoms with E-state index in [1.54, 1.807) is 0 Å². The Morgan fingerprint density at radius 1 is 0.522 bits per heavy atom. The van der Waals surface area contributed by atoms with Crippen molar-refractivity contribution in [2.75, 3.05) is 0 Å². The predicted octanol–water partition coefficient (Wildman–Crippen LogP) is 9.32. The van der Waals surface area contributed by atoms with Gasteiger partial charge < -0.3 is 10.2 Å². The van der Waals surface area contributed by atoms with Crippen LogP contribution < -0.4 is 0 Å². The van der Waals surface area contributed by atoms with Gasteiger partial charge in [0, 0.05) is 23.7 Å². The molecule has 0 aromatic rings. The highest BCUT2D eigenvalue weighted by Gasteiger charge is 2.64. The Morgan fingerprint density at radius 3 is 1.30 bits per heavy atom. The lowest BCUT2D eigenvalue weighted by molar-refractivity contribution is -0.132. The van der Waals surface area contributed by atoms with Crippen molar-refractivity contribution in [1.82, 2.24) is 0 Å². The second-order valence-corrected chi connectivity index (χ2v) is 17.6. The predicted molar refractivity (Wildman–Crippen MR) is 184 cm³/mol. The van der Waals surface area contributed by atoms with Crippen LogP contribution in [0.5, 0.6) is 0 Å². The van der Waals surface area contributed by atoms with Crippen molar-refractivity contribution < 1.29 is 19.8 Å². The summed E-state index contributed by atoms with van der Waals surface area (Å²) in [5.74, 6) is 6.65. The van der Waals surface area contributed by atoms with Gasteiger partial charge in [0.1, 0.15) is 0 Å². The number of ketones is 2. The standard InChI is InChI=1S/2C21H32O2/c2*1-3-20-11-9-17-16-8-6-15(22)13-14(16)5-7-18(17)19(20)10-12-21(20,23)4-2/h2*13,16-19,23H,3-12H2,1-2H3/t2*16-,17+,18+,19-,20-,21-/m00/s1. The molecule has 0 aliphatic heterocycles. The van der Waals surface area contributed by atoms with Gasteiger partial charge in [-0.3, -0.25) is 9.59 Å². The van der Waals surface area contributed by atoms with E-state index in [4.69, 9.17) is 0 Å². The Balaban J connectivity index is 0.000000147. The summed E-state index contributed by atoms with van der Waals surface area (Å²) >= 11 is 0. The van der Waals surface area contributed by atoms with Gasteiger partial charge in [-0.25, -0.2) is 0 Å². The maximum Gasteiger partial charge on any atom is 0.155 e. The first-order valence-corrected chi connectivity index (χ1v) is 20.0. The minimum atomic E-state index is -0.421. The monoisotopic (exact) mass is 632 g/mol. The summed E-state index contributed by atoms with van der Waals surface area (Å²) in [6.45, 7) is 8.99. The van der Waals surface area contributed by atoms with Gasteiger partial charge in [-0.15, -0.1) is 0 Å². The third kappa shape index (κ3) is 4.79. The Morgan fingerprint density at radius 2 is 0.935 bits per heavy atom. The largest absolute Gasteiger partial charge is 0.389 e. The van der Waals surface area contributed by atoms with Crippen LogP contribution in [0, 0.1) is 58.2 Å². The molecule has 0 saturated heterocycles. The molecule has 8 aliphatic carbocycles. The molecular weight excluding hydrogens is 568 g/mol. The van der Waals surface area contributed by atoms with Crippen molar-refractivity contribution in [3.8, 4) is 0 Å². The molecule has 0 spiro atoms. The minimum absolute atomic E-state index is 0.175. The number of carbonyl (C=O) groups excluding carboxylic acids is 2. The third-order valence-electron chi connectivity index (χ3n) is 17.0. The Hall–Kier alpha value is -1.26. The van der Waals surface area contributed by atoms with E-state index in [9.17, 15) is 19.8 Å². The number of fused-ring (bicyclic) bond motifs is 10. The zero-order valence-electron chi connectivity index (χ0n) is 29.6. The van der Waals surface area contributed by atoms with Gasteiger partial charge in [0.25, 0.3) is 0 Å². The number of hydrogen-bond donors (Lipinski definition) is 2. The molecule has 8 aliphatic rings. The molecule has 8 rings (SSSR count). The van der Waals surface area contributed by atoms with E-state index >= 15 is 0 Å². The maximum atomic E-state index is 11.8. The van der Waals surface area contributed by atoms with E-state index < -0.39 is 11.2 Å². The van der Waals surface area contributed by atoms with Gasteiger partial charge in [0.15, 0.2) is 11.6 Å². The van der Waals surface area contributed by atoms with Gasteiger partial charge in [-0.05, 0) is 175 Å². The molecule has 0 aromatic carbocycles. The van der Waals surface area contributed by atoms with E-state index in [1.165, 1.54) is 62.5 Å². The third-order valence-corrected chi connectivity index (χ3v) is 17.0. The minimum Gasteiger partial charge on any atom is -0.389 e. The highest BCUT2D eigenvalue weighted by molar-refractivity contribution is 5.91. The fourth-order valence-electron chi connectivity index (χ4n) is 14.8. The molecule has 0 radical (unpaired) electrons. The van der Waals surface area contributed by atoms with Crippen LogP contribution in [-0.4, -0.2) is 33.0 Å². The lowest BCUT2D eigenvalue weighted by Gasteiger charge is -2.57. The van der Waals surface area contributed by atoms with E-state index in [-0.39, 0.29) is 10.8 Å². The zero-order valence-corrected chi connectivity index (χ0v) is 29.6. The second-order valence-electron chi connectivity index (χ2n) is 17.6. The van der Waals surface area contributed by atoms with Gasteiger partial charge in [0.05, 0.1) is 11.2 Å². The fourth-order valence-corrected chi connectivity index (χ4v) is 14.8. The van der Waals surface area contributed by atoms with Gasteiger partial charge in [-0.1, -0.05) is 38.8 Å². The van der Waals surface area contributed by atoms with Crippen molar-refractivity contribution in [2.45, 2.75) is 167 Å². The van der Waals surface area contributed by atoms with Crippen molar-refractivity contribution in [1.29, 1.82) is 0 Å². The number of hydrogen-bond acceptors (Lipinski definition) is 4. The molecule has 0 bridgehead atoms. The quantitative estimate of drug-likeness (QED) is 0.324. The van der Waals surface area contributed by atoms with Crippen molar-refractivity contribution in [3.05, 3.63) is 23.3 Å². The van der Waals surface area contributed by atoms with Crippen molar-refractivity contribution in [3.63, 3.8) is 0 Å². The molecule has 6 saturated carbocycles. The van der Waals surface area contributed by atoms with Crippen LogP contribution in [0.2, 0.25) is 0 Å². The molecule has 4 heteroatoms. The first-order valence-electron chi connectivity index (χ1n) is 20.0. The number of rotatable bonds is 4. The average Bonchev–Trinajstić information content (AvgIpc) is 3.56. The maximum absolute atomic E-state index is 11.8. The van der Waals surface area contributed by atoms with E-state index in [0.717, 1.165) is 113 Å². The van der Waals surface area contributed by atoms with Crippen LogP contribution in [0.25, 0.3) is 0 Å². The SMILES string of the molecule is CC[C@]1(O)CC[C@H]2[C@@H]3CCC4=CC(=O)CC[C@@H]4[C@H]3CC[C@@]21CC.CC[C@]1(O)CC[C@H]2[C@@H]3CCC4=CC(=O)CC[C@@H]4[C@H]3CC[C@@]21CC. The van der Waals surface area contributed by atoms with Crippen LogP contribution in [-0.2, 0) is 9.59 Å². The second kappa shape index (κ2) is 12.3. The van der Waals surface area contributed by atoms with Crippen LogP contribution in [0.1, 0.15) is 156 Å². The van der Waals surface area contributed by atoms with Gasteiger partial charge >= 0.3 is 0 Å². The molecule has 2 N–H and O–H groups in total.